The zero-order valence-corrected chi connectivity index (χ0v) is 18.8. The highest BCUT2D eigenvalue weighted by Crippen LogP contribution is 2.43. The van der Waals surface area contributed by atoms with E-state index in [2.05, 4.69) is 6.92 Å². The lowest BCUT2D eigenvalue weighted by Crippen LogP contribution is -2.46. The Morgan fingerprint density at radius 3 is 1.94 bits per heavy atom. The molecule has 1 atom stereocenters. The van der Waals surface area contributed by atoms with Gasteiger partial charge in [-0.25, -0.2) is 4.39 Å². The van der Waals surface area contributed by atoms with Gasteiger partial charge in [-0.1, -0.05) is 31.2 Å². The fraction of sp³-hybridized carbons (Fsp3) is 0.500. The standard InChI is InChI=1S/C26H29F4NO2/c1-24(18-7-9-20(27)10-8-18)15-13-22(14-16-24)31(21-11-12-21)23(32)17-3-5-19(6-4-17)25(2,33)26(28,29)30/h3-10,21-22,33H,11-16H2,1-2H3. The van der Waals surface area contributed by atoms with Crippen LogP contribution in [0.15, 0.2) is 48.5 Å². The first-order valence-electron chi connectivity index (χ1n) is 11.4. The molecule has 1 unspecified atom stereocenters. The molecule has 7 heteroatoms. The minimum absolute atomic E-state index is 0.0662. The summed E-state index contributed by atoms with van der Waals surface area (Å²) in [5, 5.41) is 9.88. The number of amides is 1. The highest BCUT2D eigenvalue weighted by molar-refractivity contribution is 5.95. The van der Waals surface area contributed by atoms with Crippen LogP contribution in [0.25, 0.3) is 0 Å². The van der Waals surface area contributed by atoms with Gasteiger partial charge in [-0.3, -0.25) is 4.79 Å². The molecule has 2 aliphatic carbocycles. The lowest BCUT2D eigenvalue weighted by molar-refractivity contribution is -0.258. The van der Waals surface area contributed by atoms with E-state index in [4.69, 9.17) is 0 Å². The van der Waals surface area contributed by atoms with E-state index in [1.807, 2.05) is 17.0 Å². The molecule has 3 nitrogen and oxygen atoms in total. The predicted octanol–water partition coefficient (Wildman–Crippen LogP) is 6.10. The Hall–Kier alpha value is -2.41. The van der Waals surface area contributed by atoms with Crippen molar-refractivity contribution >= 4 is 5.91 Å². The molecule has 0 radical (unpaired) electrons. The monoisotopic (exact) mass is 463 g/mol. The maximum Gasteiger partial charge on any atom is 0.421 e. The first kappa shape index (κ1) is 23.7. The Bertz CT molecular complexity index is 986. The minimum atomic E-state index is -4.81. The fourth-order valence-corrected chi connectivity index (χ4v) is 4.89. The number of halogens is 4. The van der Waals surface area contributed by atoms with Gasteiger partial charge in [-0.15, -0.1) is 0 Å². The number of carbonyl (C=O) groups is 1. The Morgan fingerprint density at radius 2 is 1.45 bits per heavy atom. The third-order valence-electron chi connectivity index (χ3n) is 7.41. The Labute approximate surface area is 191 Å². The van der Waals surface area contributed by atoms with E-state index in [0.29, 0.717) is 12.5 Å². The Balaban J connectivity index is 1.48. The van der Waals surface area contributed by atoms with Gasteiger partial charge in [0.2, 0.25) is 0 Å². The van der Waals surface area contributed by atoms with Crippen molar-refractivity contribution < 1.29 is 27.5 Å². The first-order chi connectivity index (χ1) is 15.4. The zero-order chi connectivity index (χ0) is 24.0. The smallest absolute Gasteiger partial charge is 0.376 e. The van der Waals surface area contributed by atoms with Crippen LogP contribution in [-0.2, 0) is 11.0 Å². The van der Waals surface area contributed by atoms with Gasteiger partial charge in [0.25, 0.3) is 5.91 Å². The summed E-state index contributed by atoms with van der Waals surface area (Å²) in [5.41, 5.74) is -1.92. The quantitative estimate of drug-likeness (QED) is 0.545. The summed E-state index contributed by atoms with van der Waals surface area (Å²) in [7, 11) is 0. The van der Waals surface area contributed by atoms with Crippen LogP contribution in [0, 0.1) is 5.82 Å². The SMILES string of the molecule is CC1(c2ccc(F)cc2)CCC(N(C(=O)c2ccc(C(C)(O)C(F)(F)F)cc2)C2CC2)CC1. The molecule has 178 valence electrons. The maximum absolute atomic E-state index is 13.4. The van der Waals surface area contributed by atoms with Crippen LogP contribution < -0.4 is 0 Å². The molecule has 0 bridgehead atoms. The molecule has 0 heterocycles. The van der Waals surface area contributed by atoms with Crippen LogP contribution in [0.3, 0.4) is 0 Å². The molecule has 2 saturated carbocycles. The first-order valence-corrected chi connectivity index (χ1v) is 11.4. The molecule has 2 aliphatic rings. The number of rotatable bonds is 5. The van der Waals surface area contributed by atoms with E-state index in [-0.39, 0.29) is 34.8 Å². The number of nitrogens with zero attached hydrogens (tertiary/aromatic N) is 1. The Kier molecular flexibility index (Phi) is 6.06. The summed E-state index contributed by atoms with van der Waals surface area (Å²) < 4.78 is 52.7. The Morgan fingerprint density at radius 1 is 0.939 bits per heavy atom. The molecule has 0 saturated heterocycles. The molecule has 4 rings (SSSR count). The van der Waals surface area contributed by atoms with Crippen LogP contribution in [0.2, 0.25) is 0 Å². The summed E-state index contributed by atoms with van der Waals surface area (Å²) >= 11 is 0. The van der Waals surface area contributed by atoms with E-state index in [1.54, 1.807) is 0 Å². The summed E-state index contributed by atoms with van der Waals surface area (Å²) in [6.45, 7) is 2.88. The number of hydrogen-bond acceptors (Lipinski definition) is 2. The number of hydrogen-bond donors (Lipinski definition) is 1. The zero-order valence-electron chi connectivity index (χ0n) is 18.8. The minimum Gasteiger partial charge on any atom is -0.376 e. The van der Waals surface area contributed by atoms with E-state index in [9.17, 15) is 27.5 Å². The third-order valence-corrected chi connectivity index (χ3v) is 7.41. The number of carbonyl (C=O) groups excluding carboxylic acids is 1. The molecule has 33 heavy (non-hydrogen) atoms. The molecule has 2 fully saturated rings. The van der Waals surface area contributed by atoms with E-state index in [0.717, 1.165) is 44.1 Å². The molecule has 2 aromatic carbocycles. The summed E-state index contributed by atoms with van der Waals surface area (Å²) in [4.78, 5) is 15.3. The van der Waals surface area contributed by atoms with Gasteiger partial charge in [-0.05, 0) is 86.3 Å². The van der Waals surface area contributed by atoms with Gasteiger partial charge in [0.05, 0.1) is 0 Å². The molecular formula is C26H29F4NO2. The predicted molar refractivity (Wildman–Crippen MR) is 117 cm³/mol. The summed E-state index contributed by atoms with van der Waals surface area (Å²) in [6, 6.07) is 12.0. The second-order valence-electron chi connectivity index (χ2n) is 9.89. The van der Waals surface area contributed by atoms with Crippen molar-refractivity contribution in [1.29, 1.82) is 0 Å². The van der Waals surface area contributed by atoms with Crippen LogP contribution in [0.1, 0.15) is 73.9 Å². The maximum atomic E-state index is 13.4. The molecule has 0 aliphatic heterocycles. The highest BCUT2D eigenvalue weighted by atomic mass is 19.4. The number of benzene rings is 2. The topological polar surface area (TPSA) is 40.5 Å². The van der Waals surface area contributed by atoms with Crippen molar-refractivity contribution in [3.8, 4) is 0 Å². The van der Waals surface area contributed by atoms with Gasteiger partial charge in [-0.2, -0.15) is 13.2 Å². The molecule has 2 aromatic rings. The molecule has 1 amide bonds. The number of alkyl halides is 3. The van der Waals surface area contributed by atoms with Crippen molar-refractivity contribution in [2.45, 2.75) is 81.6 Å². The van der Waals surface area contributed by atoms with E-state index >= 15 is 0 Å². The van der Waals surface area contributed by atoms with Gasteiger partial charge in [0.1, 0.15) is 5.82 Å². The van der Waals surface area contributed by atoms with Crippen LogP contribution >= 0.6 is 0 Å². The molecule has 0 aromatic heterocycles. The number of aliphatic hydroxyl groups is 1. The molecular weight excluding hydrogens is 434 g/mol. The van der Waals surface area contributed by atoms with Crippen molar-refractivity contribution in [2.24, 2.45) is 0 Å². The highest BCUT2D eigenvalue weighted by Gasteiger charge is 2.51. The second-order valence-corrected chi connectivity index (χ2v) is 9.89. The van der Waals surface area contributed by atoms with Crippen molar-refractivity contribution in [3.05, 3.63) is 71.0 Å². The van der Waals surface area contributed by atoms with Gasteiger partial charge >= 0.3 is 6.18 Å². The van der Waals surface area contributed by atoms with Crippen molar-refractivity contribution in [2.75, 3.05) is 0 Å². The average Bonchev–Trinajstić information content (AvgIpc) is 3.60. The van der Waals surface area contributed by atoms with Gasteiger partial charge in [0.15, 0.2) is 5.60 Å². The van der Waals surface area contributed by atoms with Crippen LogP contribution in [0.5, 0.6) is 0 Å². The molecule has 0 spiro atoms. The van der Waals surface area contributed by atoms with Crippen LogP contribution in [-0.4, -0.2) is 34.2 Å². The largest absolute Gasteiger partial charge is 0.421 e. The second kappa shape index (κ2) is 8.42. The van der Waals surface area contributed by atoms with E-state index in [1.165, 1.54) is 36.4 Å². The van der Waals surface area contributed by atoms with Crippen LogP contribution in [0.4, 0.5) is 17.6 Å². The van der Waals surface area contributed by atoms with E-state index < -0.39 is 11.8 Å². The average molecular weight is 464 g/mol. The summed E-state index contributed by atoms with van der Waals surface area (Å²) in [5.74, 6) is -0.435. The summed E-state index contributed by atoms with van der Waals surface area (Å²) in [6.07, 6.45) is 0.420. The van der Waals surface area contributed by atoms with Crippen molar-refractivity contribution in [1.82, 2.24) is 4.90 Å². The van der Waals surface area contributed by atoms with Crippen molar-refractivity contribution in [3.63, 3.8) is 0 Å². The lowest BCUT2D eigenvalue weighted by Gasteiger charge is -2.42. The fourth-order valence-electron chi connectivity index (χ4n) is 4.89. The van der Waals surface area contributed by atoms with Gasteiger partial charge < -0.3 is 10.0 Å². The third kappa shape index (κ3) is 4.65. The molecule has 1 N–H and O–H groups in total. The normalized spacial score (nSPS) is 25.4. The van der Waals surface area contributed by atoms with Gasteiger partial charge in [0, 0.05) is 17.6 Å². The lowest BCUT2D eigenvalue weighted by atomic mass is 9.69.